The highest BCUT2D eigenvalue weighted by Gasteiger charge is 2.20. The molecule has 0 spiro atoms. The van der Waals surface area contributed by atoms with Crippen molar-refractivity contribution in [1.29, 1.82) is 0 Å². The van der Waals surface area contributed by atoms with E-state index in [9.17, 15) is 0 Å². The Hall–Kier alpha value is -8.99. The lowest BCUT2D eigenvalue weighted by molar-refractivity contribution is 0.670. The molecule has 0 aliphatic heterocycles. The zero-order valence-electron chi connectivity index (χ0n) is 36.4. The molecule has 0 unspecified atom stereocenters. The molecule has 0 bridgehead atoms. The topological polar surface area (TPSA) is 51.8 Å². The smallest absolute Gasteiger partial charge is 0.164 e. The van der Waals surface area contributed by atoms with Crippen LogP contribution in [0.5, 0.6) is 0 Å². The summed E-state index contributed by atoms with van der Waals surface area (Å²) in [7, 11) is 0. The fourth-order valence-electron chi connectivity index (χ4n) is 9.13. The molecular formula is C63H41N3O. The first-order valence-corrected chi connectivity index (χ1v) is 22.6. The molecule has 0 fully saturated rings. The van der Waals surface area contributed by atoms with Crippen molar-refractivity contribution in [2.24, 2.45) is 0 Å². The Morgan fingerprint density at radius 3 is 1.15 bits per heavy atom. The second-order valence-electron chi connectivity index (χ2n) is 16.8. The predicted molar refractivity (Wildman–Crippen MR) is 276 cm³/mol. The van der Waals surface area contributed by atoms with E-state index in [0.717, 1.165) is 77.6 Å². The van der Waals surface area contributed by atoms with Crippen LogP contribution in [0.4, 0.5) is 0 Å². The Kier molecular flexibility index (Phi) is 10.2. The molecule has 12 aromatic rings. The number of hydrogen-bond acceptors (Lipinski definition) is 4. The molecule has 0 saturated heterocycles. The van der Waals surface area contributed by atoms with E-state index >= 15 is 0 Å². The monoisotopic (exact) mass is 855 g/mol. The van der Waals surface area contributed by atoms with Gasteiger partial charge in [0.25, 0.3) is 0 Å². The van der Waals surface area contributed by atoms with E-state index in [0.29, 0.717) is 17.5 Å². The van der Waals surface area contributed by atoms with Crippen LogP contribution in [0.1, 0.15) is 0 Å². The molecular weight excluding hydrogens is 815 g/mol. The average Bonchev–Trinajstić information content (AvgIpc) is 3.81. The van der Waals surface area contributed by atoms with Crippen LogP contribution in [0.25, 0.3) is 123 Å². The molecule has 0 atom stereocenters. The van der Waals surface area contributed by atoms with Crippen LogP contribution in [-0.2, 0) is 0 Å². The van der Waals surface area contributed by atoms with Crippen LogP contribution in [0.3, 0.4) is 0 Å². The molecule has 4 heteroatoms. The number of furan rings is 1. The Morgan fingerprint density at radius 1 is 0.239 bits per heavy atom. The molecule has 0 aliphatic carbocycles. The Bertz CT molecular complexity index is 3700. The van der Waals surface area contributed by atoms with E-state index in [4.69, 9.17) is 19.4 Å². The Labute approximate surface area is 389 Å². The molecule has 2 aromatic heterocycles. The molecule has 67 heavy (non-hydrogen) atoms. The van der Waals surface area contributed by atoms with Gasteiger partial charge in [-0.15, -0.1) is 0 Å². The Balaban J connectivity index is 0.965. The van der Waals surface area contributed by atoms with Crippen LogP contribution in [0.15, 0.2) is 253 Å². The summed E-state index contributed by atoms with van der Waals surface area (Å²) in [4.78, 5) is 15.8. The van der Waals surface area contributed by atoms with E-state index < -0.39 is 0 Å². The number of para-hydroxylation sites is 1. The minimum atomic E-state index is 0.572. The highest BCUT2D eigenvalue weighted by Crippen LogP contribution is 2.41. The van der Waals surface area contributed by atoms with Crippen molar-refractivity contribution in [3.8, 4) is 101 Å². The number of benzene rings is 10. The highest BCUT2D eigenvalue weighted by molar-refractivity contribution is 6.15. The molecule has 12 rings (SSSR count). The van der Waals surface area contributed by atoms with Crippen molar-refractivity contribution in [3.05, 3.63) is 249 Å². The van der Waals surface area contributed by atoms with Gasteiger partial charge in [0.1, 0.15) is 11.2 Å². The van der Waals surface area contributed by atoms with Crippen molar-refractivity contribution in [1.82, 2.24) is 15.0 Å². The van der Waals surface area contributed by atoms with Crippen LogP contribution < -0.4 is 0 Å². The lowest BCUT2D eigenvalue weighted by Gasteiger charge is -2.11. The molecule has 0 N–H and O–H groups in total. The number of aromatic nitrogens is 3. The van der Waals surface area contributed by atoms with Crippen LogP contribution >= 0.6 is 0 Å². The molecule has 0 saturated carbocycles. The van der Waals surface area contributed by atoms with Gasteiger partial charge in [-0.3, -0.25) is 0 Å². The minimum absolute atomic E-state index is 0.572. The summed E-state index contributed by atoms with van der Waals surface area (Å²) < 4.78 is 6.79. The van der Waals surface area contributed by atoms with Gasteiger partial charge < -0.3 is 4.42 Å². The zero-order chi connectivity index (χ0) is 44.5. The maximum absolute atomic E-state index is 6.79. The number of nitrogens with zero attached hydrogens (tertiary/aromatic N) is 3. The lowest BCUT2D eigenvalue weighted by atomic mass is 9.97. The van der Waals surface area contributed by atoms with Gasteiger partial charge in [0.15, 0.2) is 17.5 Å². The van der Waals surface area contributed by atoms with Gasteiger partial charge >= 0.3 is 0 Å². The molecule has 2 heterocycles. The van der Waals surface area contributed by atoms with E-state index in [2.05, 4.69) is 218 Å². The van der Waals surface area contributed by atoms with Crippen molar-refractivity contribution < 1.29 is 4.42 Å². The molecule has 0 amide bonds. The van der Waals surface area contributed by atoms with E-state index in [1.54, 1.807) is 0 Å². The second kappa shape index (κ2) is 17.2. The maximum Gasteiger partial charge on any atom is 0.164 e. The van der Waals surface area contributed by atoms with Gasteiger partial charge in [-0.1, -0.05) is 231 Å². The lowest BCUT2D eigenvalue weighted by Crippen LogP contribution is -2.00. The SMILES string of the molecule is c1ccc(-c2ccc(-c3ccc(-c4nc(-c5cccc(-c6ccc(-c7ccccc7)cc6)c5)nc(-c5cccc6oc7c(-c8cccc(-c9ccccc9)c8)cccc7c56)n4)cc3)cc2)cc1. The summed E-state index contributed by atoms with van der Waals surface area (Å²) >= 11 is 0. The molecule has 0 aliphatic rings. The van der Waals surface area contributed by atoms with Gasteiger partial charge in [0.05, 0.1) is 0 Å². The summed E-state index contributed by atoms with van der Waals surface area (Å²) in [6.07, 6.45) is 0. The van der Waals surface area contributed by atoms with Gasteiger partial charge in [-0.25, -0.2) is 15.0 Å². The van der Waals surface area contributed by atoms with Crippen LogP contribution in [0.2, 0.25) is 0 Å². The van der Waals surface area contributed by atoms with Gasteiger partial charge in [0, 0.05) is 33.0 Å². The first-order chi connectivity index (χ1) is 33.2. The van der Waals surface area contributed by atoms with E-state index in [-0.39, 0.29) is 0 Å². The van der Waals surface area contributed by atoms with Crippen molar-refractivity contribution >= 4 is 21.9 Å². The van der Waals surface area contributed by atoms with Crippen molar-refractivity contribution in [2.45, 2.75) is 0 Å². The maximum atomic E-state index is 6.79. The quantitative estimate of drug-likeness (QED) is 0.145. The predicted octanol–water partition coefficient (Wildman–Crippen LogP) is 16.8. The second-order valence-corrected chi connectivity index (χ2v) is 16.8. The van der Waals surface area contributed by atoms with E-state index in [1.807, 2.05) is 30.3 Å². The van der Waals surface area contributed by atoms with Gasteiger partial charge in [-0.2, -0.15) is 0 Å². The highest BCUT2D eigenvalue weighted by atomic mass is 16.3. The van der Waals surface area contributed by atoms with E-state index in [1.165, 1.54) is 27.8 Å². The number of hydrogen-bond donors (Lipinski definition) is 0. The molecule has 4 nitrogen and oxygen atoms in total. The summed E-state index contributed by atoms with van der Waals surface area (Å²) in [6.45, 7) is 0. The first kappa shape index (κ1) is 39.6. The molecule has 0 radical (unpaired) electrons. The average molecular weight is 856 g/mol. The van der Waals surface area contributed by atoms with Gasteiger partial charge in [0.2, 0.25) is 0 Å². The normalized spacial score (nSPS) is 11.3. The molecule has 10 aromatic carbocycles. The zero-order valence-corrected chi connectivity index (χ0v) is 36.4. The van der Waals surface area contributed by atoms with Crippen molar-refractivity contribution in [2.75, 3.05) is 0 Å². The first-order valence-electron chi connectivity index (χ1n) is 22.6. The summed E-state index contributed by atoms with van der Waals surface area (Å²) in [5, 5.41) is 1.96. The van der Waals surface area contributed by atoms with Crippen LogP contribution in [0, 0.1) is 0 Å². The third-order valence-corrected chi connectivity index (χ3v) is 12.6. The fourth-order valence-corrected chi connectivity index (χ4v) is 9.13. The van der Waals surface area contributed by atoms with Crippen LogP contribution in [-0.4, -0.2) is 15.0 Å². The third kappa shape index (κ3) is 7.77. The summed E-state index contributed by atoms with van der Waals surface area (Å²) in [5.74, 6) is 1.75. The number of fused-ring (bicyclic) bond motifs is 3. The number of rotatable bonds is 9. The van der Waals surface area contributed by atoms with Crippen molar-refractivity contribution in [3.63, 3.8) is 0 Å². The standard InChI is InChI=1S/C63H41N3O/c1-4-14-42(15-5-1)45-28-30-47(31-29-45)48-36-38-50(39-37-48)61-64-62(54-23-11-21-52(41-54)49-34-32-46(33-35-49)43-16-6-2-7-17-43)66-63(65-61)57-26-13-27-58-59(57)56-25-12-24-55(60(56)67-58)53-22-10-20-51(40-53)44-18-8-3-9-19-44/h1-41H. The molecule has 314 valence electrons. The fraction of sp³-hybridized carbons (Fsp3) is 0. The minimum Gasteiger partial charge on any atom is -0.455 e. The summed E-state index contributed by atoms with van der Waals surface area (Å²) in [5.41, 5.74) is 17.9. The Morgan fingerprint density at radius 2 is 0.597 bits per heavy atom. The third-order valence-electron chi connectivity index (χ3n) is 12.6. The van der Waals surface area contributed by atoms with Gasteiger partial charge in [-0.05, 0) is 79.4 Å². The summed E-state index contributed by atoms with van der Waals surface area (Å²) in [6, 6.07) is 87.0. The largest absolute Gasteiger partial charge is 0.455 e.